The van der Waals surface area contributed by atoms with E-state index in [1.807, 2.05) is 0 Å². The smallest absolute Gasteiger partial charge is 0.266 e. The molecule has 1 saturated carbocycles. The SMILES string of the molecule is Nc1cc(=O)[nH]n1C1CCCCCC1O. The number of H-pyrrole nitrogens is 1. The molecule has 5 heteroatoms. The minimum Gasteiger partial charge on any atom is -0.391 e. The normalized spacial score (nSPS) is 27.5. The third kappa shape index (κ3) is 2.07. The number of nitrogen functional groups attached to an aromatic ring is 1. The Morgan fingerprint density at radius 1 is 1.40 bits per heavy atom. The lowest BCUT2D eigenvalue weighted by atomic mass is 10.1. The second-order valence-corrected chi connectivity index (χ2v) is 4.19. The van der Waals surface area contributed by atoms with Crippen LogP contribution in [0.2, 0.25) is 0 Å². The summed E-state index contributed by atoms with van der Waals surface area (Å²) < 4.78 is 1.61. The van der Waals surface area contributed by atoms with E-state index < -0.39 is 6.10 Å². The molecule has 0 aromatic carbocycles. The average molecular weight is 211 g/mol. The summed E-state index contributed by atoms with van der Waals surface area (Å²) >= 11 is 0. The quantitative estimate of drug-likeness (QED) is 0.595. The van der Waals surface area contributed by atoms with Gasteiger partial charge in [-0.25, -0.2) is 0 Å². The fourth-order valence-electron chi connectivity index (χ4n) is 2.26. The van der Waals surface area contributed by atoms with Gasteiger partial charge in [0.15, 0.2) is 0 Å². The maximum atomic E-state index is 11.1. The van der Waals surface area contributed by atoms with Crippen LogP contribution in [0.4, 0.5) is 5.82 Å². The molecule has 0 radical (unpaired) electrons. The molecule has 4 N–H and O–H groups in total. The summed E-state index contributed by atoms with van der Waals surface area (Å²) in [5, 5.41) is 12.6. The molecule has 2 atom stereocenters. The van der Waals surface area contributed by atoms with Crippen LogP contribution in [0.3, 0.4) is 0 Å². The van der Waals surface area contributed by atoms with E-state index in [-0.39, 0.29) is 11.6 Å². The van der Waals surface area contributed by atoms with Crippen molar-refractivity contribution in [1.29, 1.82) is 0 Å². The molecule has 1 aliphatic rings. The molecule has 0 saturated heterocycles. The van der Waals surface area contributed by atoms with Gasteiger partial charge in [-0.05, 0) is 12.8 Å². The van der Waals surface area contributed by atoms with E-state index in [9.17, 15) is 9.90 Å². The van der Waals surface area contributed by atoms with Crippen molar-refractivity contribution in [2.24, 2.45) is 0 Å². The number of nitrogens with two attached hydrogens (primary N) is 1. The molecule has 0 spiro atoms. The van der Waals surface area contributed by atoms with Gasteiger partial charge in [0.05, 0.1) is 12.1 Å². The number of nitrogens with one attached hydrogen (secondary N) is 1. The molecule has 0 bridgehead atoms. The second kappa shape index (κ2) is 4.10. The molecule has 1 fully saturated rings. The van der Waals surface area contributed by atoms with E-state index in [0.717, 1.165) is 32.1 Å². The van der Waals surface area contributed by atoms with Crippen LogP contribution in [0.5, 0.6) is 0 Å². The lowest BCUT2D eigenvalue weighted by Gasteiger charge is -2.22. The molecule has 5 nitrogen and oxygen atoms in total. The van der Waals surface area contributed by atoms with Gasteiger partial charge in [-0.2, -0.15) is 0 Å². The maximum absolute atomic E-state index is 11.1. The highest BCUT2D eigenvalue weighted by Crippen LogP contribution is 2.28. The van der Waals surface area contributed by atoms with E-state index in [4.69, 9.17) is 5.73 Å². The highest BCUT2D eigenvalue weighted by atomic mass is 16.3. The summed E-state index contributed by atoms with van der Waals surface area (Å²) in [4.78, 5) is 11.1. The first-order valence-corrected chi connectivity index (χ1v) is 5.43. The van der Waals surface area contributed by atoms with E-state index in [1.54, 1.807) is 4.68 Å². The lowest BCUT2D eigenvalue weighted by molar-refractivity contribution is 0.1000. The zero-order chi connectivity index (χ0) is 10.8. The van der Waals surface area contributed by atoms with Gasteiger partial charge in [-0.3, -0.25) is 14.6 Å². The van der Waals surface area contributed by atoms with E-state index in [0.29, 0.717) is 5.82 Å². The van der Waals surface area contributed by atoms with Crippen molar-refractivity contribution in [3.63, 3.8) is 0 Å². The first kappa shape index (κ1) is 10.3. The number of rotatable bonds is 1. The first-order valence-electron chi connectivity index (χ1n) is 5.43. The number of aliphatic hydroxyl groups excluding tert-OH is 1. The van der Waals surface area contributed by atoms with Crippen LogP contribution in [-0.2, 0) is 0 Å². The minimum atomic E-state index is -0.405. The predicted octanol–water partition coefficient (Wildman–Crippen LogP) is 0.625. The molecule has 2 unspecified atom stereocenters. The van der Waals surface area contributed by atoms with Crippen LogP contribution in [-0.4, -0.2) is 21.0 Å². The Balaban J connectivity index is 2.27. The Bertz CT molecular complexity index is 382. The number of aromatic amines is 1. The summed E-state index contributed by atoms with van der Waals surface area (Å²) in [6.45, 7) is 0. The summed E-state index contributed by atoms with van der Waals surface area (Å²) in [5.41, 5.74) is 5.50. The monoisotopic (exact) mass is 211 g/mol. The van der Waals surface area contributed by atoms with Crippen molar-refractivity contribution in [2.75, 3.05) is 5.73 Å². The zero-order valence-electron chi connectivity index (χ0n) is 8.65. The number of hydrogen-bond acceptors (Lipinski definition) is 3. The summed E-state index contributed by atoms with van der Waals surface area (Å²) in [6.07, 6.45) is 4.50. The minimum absolute atomic E-state index is 0.0739. The average Bonchev–Trinajstić information content (AvgIpc) is 2.39. The maximum Gasteiger partial charge on any atom is 0.266 e. The van der Waals surface area contributed by atoms with Gasteiger partial charge >= 0.3 is 0 Å². The third-order valence-electron chi connectivity index (χ3n) is 3.06. The van der Waals surface area contributed by atoms with Gasteiger partial charge in [-0.1, -0.05) is 19.3 Å². The van der Waals surface area contributed by atoms with Crippen LogP contribution >= 0.6 is 0 Å². The molecule has 0 aliphatic heterocycles. The molecule has 1 aliphatic carbocycles. The summed E-state index contributed by atoms with van der Waals surface area (Å²) in [5.74, 6) is 0.408. The van der Waals surface area contributed by atoms with Gasteiger partial charge in [0.1, 0.15) is 5.82 Å². The molecule has 1 aromatic heterocycles. The van der Waals surface area contributed by atoms with Crippen molar-refractivity contribution < 1.29 is 5.11 Å². The second-order valence-electron chi connectivity index (χ2n) is 4.19. The van der Waals surface area contributed by atoms with Crippen LogP contribution in [0.25, 0.3) is 0 Å². The molecule has 1 aromatic rings. The first-order chi connectivity index (χ1) is 7.18. The Kier molecular flexibility index (Phi) is 2.81. The van der Waals surface area contributed by atoms with Crippen molar-refractivity contribution >= 4 is 5.82 Å². The van der Waals surface area contributed by atoms with Gasteiger partial charge in [0.2, 0.25) is 0 Å². The molecular formula is C10H17N3O2. The van der Waals surface area contributed by atoms with E-state index in [1.165, 1.54) is 6.07 Å². The molecule has 0 amide bonds. The summed E-state index contributed by atoms with van der Waals surface area (Å²) in [6, 6.07) is 1.28. The van der Waals surface area contributed by atoms with Gasteiger partial charge in [0.25, 0.3) is 5.56 Å². The number of aromatic nitrogens is 2. The number of aliphatic hydroxyl groups is 1. The molecular weight excluding hydrogens is 194 g/mol. The lowest BCUT2D eigenvalue weighted by Crippen LogP contribution is -2.25. The van der Waals surface area contributed by atoms with Gasteiger partial charge < -0.3 is 10.8 Å². The van der Waals surface area contributed by atoms with Crippen LogP contribution in [0.15, 0.2) is 10.9 Å². The highest BCUT2D eigenvalue weighted by Gasteiger charge is 2.24. The van der Waals surface area contributed by atoms with Crippen LogP contribution < -0.4 is 11.3 Å². The topological polar surface area (TPSA) is 84.0 Å². The highest BCUT2D eigenvalue weighted by molar-refractivity contribution is 5.27. The predicted molar refractivity (Wildman–Crippen MR) is 57.6 cm³/mol. The van der Waals surface area contributed by atoms with E-state index >= 15 is 0 Å². The number of anilines is 1. The third-order valence-corrected chi connectivity index (χ3v) is 3.06. The van der Waals surface area contributed by atoms with E-state index in [2.05, 4.69) is 5.10 Å². The van der Waals surface area contributed by atoms with Crippen molar-refractivity contribution in [1.82, 2.24) is 9.78 Å². The largest absolute Gasteiger partial charge is 0.391 e. The standard InChI is InChI=1S/C10H17N3O2/c11-9-6-10(15)12-13(9)7-4-2-1-3-5-8(7)14/h6-8,14H,1-5,11H2,(H,12,15). The molecule has 84 valence electrons. The Hall–Kier alpha value is -1.23. The van der Waals surface area contributed by atoms with Crippen molar-refractivity contribution in [2.45, 2.75) is 44.2 Å². The number of nitrogens with zero attached hydrogens (tertiary/aromatic N) is 1. The Morgan fingerprint density at radius 2 is 2.13 bits per heavy atom. The zero-order valence-corrected chi connectivity index (χ0v) is 8.65. The fourth-order valence-corrected chi connectivity index (χ4v) is 2.26. The van der Waals surface area contributed by atoms with Crippen molar-refractivity contribution in [3.05, 3.63) is 16.4 Å². The molecule has 1 heterocycles. The van der Waals surface area contributed by atoms with Gasteiger partial charge in [-0.15, -0.1) is 0 Å². The fraction of sp³-hybridized carbons (Fsp3) is 0.700. The Morgan fingerprint density at radius 3 is 2.80 bits per heavy atom. The van der Waals surface area contributed by atoms with Crippen LogP contribution in [0.1, 0.15) is 38.1 Å². The Labute approximate surface area is 87.9 Å². The van der Waals surface area contributed by atoms with Crippen molar-refractivity contribution in [3.8, 4) is 0 Å². The molecule has 2 rings (SSSR count). The van der Waals surface area contributed by atoms with Gasteiger partial charge in [0, 0.05) is 6.07 Å². The number of hydrogen-bond donors (Lipinski definition) is 3. The van der Waals surface area contributed by atoms with Crippen LogP contribution in [0, 0.1) is 0 Å². The molecule has 15 heavy (non-hydrogen) atoms. The summed E-state index contributed by atoms with van der Waals surface area (Å²) in [7, 11) is 0.